The summed E-state index contributed by atoms with van der Waals surface area (Å²) < 4.78 is 3.87. The monoisotopic (exact) mass is 354 g/mol. The molecule has 1 aromatic carbocycles. The summed E-state index contributed by atoms with van der Waals surface area (Å²) in [5, 5.41) is 3.21. The van der Waals surface area contributed by atoms with E-state index in [1.807, 2.05) is 12.1 Å². The van der Waals surface area contributed by atoms with Gasteiger partial charge < -0.3 is 5.32 Å². The van der Waals surface area contributed by atoms with Crippen LogP contribution in [0.4, 0.5) is 5.69 Å². The van der Waals surface area contributed by atoms with Gasteiger partial charge >= 0.3 is 0 Å². The normalized spacial score (nSPS) is 15.7. The predicted octanol–water partition coefficient (Wildman–Crippen LogP) is 5.75. The molecule has 2 aromatic rings. The van der Waals surface area contributed by atoms with Crippen LogP contribution in [0.15, 0.2) is 24.3 Å². The van der Waals surface area contributed by atoms with E-state index < -0.39 is 0 Å². The molecule has 0 saturated heterocycles. The van der Waals surface area contributed by atoms with Gasteiger partial charge in [0.15, 0.2) is 5.15 Å². The number of amides is 1. The van der Waals surface area contributed by atoms with E-state index in [0.29, 0.717) is 10.8 Å². The average Bonchev–Trinajstić information content (AvgIpc) is 2.88. The molecule has 22 heavy (non-hydrogen) atoms. The topological polar surface area (TPSA) is 42.0 Å². The summed E-state index contributed by atoms with van der Waals surface area (Å²) in [7, 11) is 0. The van der Waals surface area contributed by atoms with Gasteiger partial charge in [0.2, 0.25) is 0 Å². The SMILES string of the molecule is O=C(Nc1ccc(C2CCCCC2)cc1)c1snc(Cl)c1Cl. The Kier molecular flexibility index (Phi) is 5.01. The summed E-state index contributed by atoms with van der Waals surface area (Å²) in [4.78, 5) is 12.5. The Morgan fingerprint density at radius 2 is 1.82 bits per heavy atom. The van der Waals surface area contributed by atoms with Crippen molar-refractivity contribution in [3.63, 3.8) is 0 Å². The van der Waals surface area contributed by atoms with Crippen molar-refractivity contribution in [1.82, 2.24) is 4.37 Å². The number of hydrogen-bond donors (Lipinski definition) is 1. The lowest BCUT2D eigenvalue weighted by molar-refractivity contribution is 0.103. The first-order chi connectivity index (χ1) is 10.6. The minimum atomic E-state index is -0.278. The molecule has 116 valence electrons. The van der Waals surface area contributed by atoms with Gasteiger partial charge in [-0.05, 0) is 48.0 Å². The van der Waals surface area contributed by atoms with Gasteiger partial charge in [0.25, 0.3) is 5.91 Å². The van der Waals surface area contributed by atoms with Crippen LogP contribution in [0, 0.1) is 0 Å². The van der Waals surface area contributed by atoms with Gasteiger partial charge in [-0.15, -0.1) is 0 Å². The fraction of sp³-hybridized carbons (Fsp3) is 0.375. The molecule has 1 fully saturated rings. The molecule has 0 aliphatic heterocycles. The van der Waals surface area contributed by atoms with Crippen LogP contribution < -0.4 is 5.32 Å². The Balaban J connectivity index is 1.68. The van der Waals surface area contributed by atoms with E-state index in [-0.39, 0.29) is 16.1 Å². The van der Waals surface area contributed by atoms with Crippen LogP contribution >= 0.6 is 34.7 Å². The Morgan fingerprint density at radius 1 is 1.14 bits per heavy atom. The molecule has 1 amide bonds. The molecule has 3 nitrogen and oxygen atoms in total. The molecular formula is C16H16Cl2N2OS. The molecule has 1 heterocycles. The maximum absolute atomic E-state index is 12.2. The number of anilines is 1. The van der Waals surface area contributed by atoms with E-state index in [2.05, 4.69) is 21.8 Å². The highest BCUT2D eigenvalue weighted by molar-refractivity contribution is 7.09. The van der Waals surface area contributed by atoms with E-state index in [1.165, 1.54) is 37.7 Å². The van der Waals surface area contributed by atoms with E-state index in [4.69, 9.17) is 23.2 Å². The molecule has 1 aromatic heterocycles. The number of aromatic nitrogens is 1. The van der Waals surface area contributed by atoms with Crippen LogP contribution in [0.25, 0.3) is 0 Å². The number of hydrogen-bond acceptors (Lipinski definition) is 3. The molecule has 1 saturated carbocycles. The molecule has 0 radical (unpaired) electrons. The van der Waals surface area contributed by atoms with Crippen molar-refractivity contribution < 1.29 is 4.79 Å². The highest BCUT2D eigenvalue weighted by Gasteiger charge is 2.18. The summed E-state index contributed by atoms with van der Waals surface area (Å²) in [5.41, 5.74) is 2.11. The summed E-state index contributed by atoms with van der Waals surface area (Å²) in [5.74, 6) is 0.382. The Morgan fingerprint density at radius 3 is 2.41 bits per heavy atom. The van der Waals surface area contributed by atoms with Gasteiger partial charge in [0.1, 0.15) is 9.90 Å². The van der Waals surface area contributed by atoms with E-state index in [1.54, 1.807) is 0 Å². The molecule has 3 rings (SSSR count). The Hall–Kier alpha value is -1.10. The summed E-state index contributed by atoms with van der Waals surface area (Å²) in [6, 6.07) is 8.09. The number of carbonyl (C=O) groups excluding carboxylic acids is 1. The van der Waals surface area contributed by atoms with Crippen LogP contribution in [-0.4, -0.2) is 10.3 Å². The third-order valence-corrected chi connectivity index (χ3v) is 5.85. The highest BCUT2D eigenvalue weighted by atomic mass is 35.5. The maximum atomic E-state index is 12.2. The first-order valence-electron chi connectivity index (χ1n) is 7.37. The van der Waals surface area contributed by atoms with Crippen LogP contribution in [-0.2, 0) is 0 Å². The second-order valence-electron chi connectivity index (χ2n) is 5.53. The fourth-order valence-corrected chi connectivity index (χ4v) is 3.97. The van der Waals surface area contributed by atoms with Gasteiger partial charge in [-0.2, -0.15) is 4.37 Å². The van der Waals surface area contributed by atoms with Gasteiger partial charge in [-0.3, -0.25) is 4.79 Å². The van der Waals surface area contributed by atoms with Gasteiger partial charge in [-0.1, -0.05) is 54.6 Å². The van der Waals surface area contributed by atoms with E-state index >= 15 is 0 Å². The van der Waals surface area contributed by atoms with Crippen molar-refractivity contribution in [2.75, 3.05) is 5.32 Å². The van der Waals surface area contributed by atoms with Crippen LogP contribution in [0.1, 0.15) is 53.3 Å². The third-order valence-electron chi connectivity index (χ3n) is 4.05. The van der Waals surface area contributed by atoms with Gasteiger partial charge in [-0.25, -0.2) is 0 Å². The van der Waals surface area contributed by atoms with Gasteiger partial charge in [0.05, 0.1) is 0 Å². The summed E-state index contributed by atoms with van der Waals surface area (Å²) in [6.45, 7) is 0. The molecule has 0 unspecified atom stereocenters. The van der Waals surface area contributed by atoms with Crippen molar-refractivity contribution in [3.8, 4) is 0 Å². The summed E-state index contributed by atoms with van der Waals surface area (Å²) >= 11 is 12.7. The lowest BCUT2D eigenvalue weighted by Crippen LogP contribution is -2.11. The fourth-order valence-electron chi connectivity index (χ4n) is 2.86. The van der Waals surface area contributed by atoms with Crippen molar-refractivity contribution in [1.29, 1.82) is 0 Å². The molecular weight excluding hydrogens is 339 g/mol. The van der Waals surface area contributed by atoms with Crippen molar-refractivity contribution in [2.24, 2.45) is 0 Å². The van der Waals surface area contributed by atoms with Crippen LogP contribution in [0.2, 0.25) is 10.2 Å². The van der Waals surface area contributed by atoms with E-state index in [9.17, 15) is 4.79 Å². The smallest absolute Gasteiger partial charge is 0.268 e. The number of rotatable bonds is 3. The first-order valence-corrected chi connectivity index (χ1v) is 8.90. The first kappa shape index (κ1) is 15.8. The zero-order valence-corrected chi connectivity index (χ0v) is 14.3. The number of halogens is 2. The Labute approximate surface area is 143 Å². The molecule has 1 aliphatic rings. The largest absolute Gasteiger partial charge is 0.321 e. The lowest BCUT2D eigenvalue weighted by atomic mass is 9.84. The number of nitrogens with one attached hydrogen (secondary N) is 1. The van der Waals surface area contributed by atoms with E-state index in [0.717, 1.165) is 17.2 Å². The quantitative estimate of drug-likeness (QED) is 0.762. The number of carbonyl (C=O) groups is 1. The highest BCUT2D eigenvalue weighted by Crippen LogP contribution is 2.33. The minimum absolute atomic E-state index is 0.171. The molecule has 0 spiro atoms. The molecule has 1 aliphatic carbocycles. The van der Waals surface area contributed by atoms with Crippen LogP contribution in [0.5, 0.6) is 0 Å². The lowest BCUT2D eigenvalue weighted by Gasteiger charge is -2.22. The van der Waals surface area contributed by atoms with Crippen molar-refractivity contribution in [2.45, 2.75) is 38.0 Å². The third kappa shape index (κ3) is 3.45. The minimum Gasteiger partial charge on any atom is -0.321 e. The predicted molar refractivity (Wildman–Crippen MR) is 92.4 cm³/mol. The maximum Gasteiger partial charge on any atom is 0.268 e. The second kappa shape index (κ2) is 6.99. The molecule has 1 N–H and O–H groups in total. The van der Waals surface area contributed by atoms with Crippen LogP contribution in [0.3, 0.4) is 0 Å². The van der Waals surface area contributed by atoms with Gasteiger partial charge in [0, 0.05) is 5.69 Å². The zero-order chi connectivity index (χ0) is 15.5. The van der Waals surface area contributed by atoms with Crippen molar-refractivity contribution >= 4 is 46.3 Å². The average molecular weight is 355 g/mol. The Bertz CT molecular complexity index is 663. The molecule has 6 heteroatoms. The molecule has 0 atom stereocenters. The standard InChI is InChI=1S/C16H16Cl2N2OS/c17-13-14(22-20-15(13)18)16(21)19-12-8-6-11(7-9-12)10-4-2-1-3-5-10/h6-10H,1-5H2,(H,19,21). The molecule has 0 bridgehead atoms. The zero-order valence-electron chi connectivity index (χ0n) is 11.9. The second-order valence-corrected chi connectivity index (χ2v) is 7.04. The number of benzene rings is 1. The number of nitrogens with zero attached hydrogens (tertiary/aromatic N) is 1. The van der Waals surface area contributed by atoms with Crippen molar-refractivity contribution in [3.05, 3.63) is 44.9 Å². The summed E-state index contributed by atoms with van der Waals surface area (Å²) in [6.07, 6.45) is 6.51.